The lowest BCUT2D eigenvalue weighted by Crippen LogP contribution is -2.47. The molecule has 2 rings (SSSR count). The summed E-state index contributed by atoms with van der Waals surface area (Å²) in [7, 11) is 1.64. The van der Waals surface area contributed by atoms with Crippen molar-refractivity contribution in [2.24, 2.45) is 4.99 Å². The van der Waals surface area contributed by atoms with Crippen LogP contribution in [0.3, 0.4) is 0 Å². The predicted octanol–water partition coefficient (Wildman–Crippen LogP) is 2.26. The zero-order valence-electron chi connectivity index (χ0n) is 14.5. The second-order valence-corrected chi connectivity index (χ2v) is 6.17. The maximum Gasteiger partial charge on any atom is 0.401 e. The fourth-order valence-corrected chi connectivity index (χ4v) is 2.75. The monoisotopic (exact) mass is 358 g/mol. The Kier molecular flexibility index (Phi) is 6.92. The van der Waals surface area contributed by atoms with Crippen LogP contribution in [0.15, 0.2) is 35.3 Å². The van der Waals surface area contributed by atoms with Gasteiger partial charge in [-0.3, -0.25) is 9.89 Å². The van der Waals surface area contributed by atoms with Gasteiger partial charge in [-0.15, -0.1) is 0 Å². The van der Waals surface area contributed by atoms with E-state index in [0.29, 0.717) is 32.0 Å². The second-order valence-electron chi connectivity index (χ2n) is 6.17. The van der Waals surface area contributed by atoms with Crippen LogP contribution in [0.5, 0.6) is 5.75 Å². The molecule has 0 bridgehead atoms. The summed E-state index contributed by atoms with van der Waals surface area (Å²) in [6, 6.07) is 9.46. The van der Waals surface area contributed by atoms with Gasteiger partial charge in [-0.25, -0.2) is 0 Å². The van der Waals surface area contributed by atoms with Gasteiger partial charge in [0.2, 0.25) is 0 Å². The van der Waals surface area contributed by atoms with Gasteiger partial charge >= 0.3 is 6.18 Å². The molecule has 1 aromatic carbocycles. The molecule has 0 radical (unpaired) electrons. The SMILES string of the molecule is CN=C(NCC(C)Oc1ccccc1)NC1CCN(CC(F)(F)F)C1. The molecular formula is C17H25F3N4O. The van der Waals surface area contributed by atoms with Crippen molar-refractivity contribution in [1.29, 1.82) is 0 Å². The standard InChI is InChI=1S/C17H25F3N4O/c1-13(25-15-6-4-3-5-7-15)10-22-16(21-2)23-14-8-9-24(11-14)12-17(18,19)20/h3-7,13-14H,8-12H2,1-2H3,(H2,21,22,23). The summed E-state index contributed by atoms with van der Waals surface area (Å²) in [6.07, 6.45) is -3.57. The van der Waals surface area contributed by atoms with Gasteiger partial charge in [-0.1, -0.05) is 18.2 Å². The van der Waals surface area contributed by atoms with E-state index in [1.54, 1.807) is 7.05 Å². The molecule has 1 aliphatic rings. The number of aliphatic imine (C=N–C) groups is 1. The van der Waals surface area contributed by atoms with Gasteiger partial charge in [0.15, 0.2) is 5.96 Å². The Balaban J connectivity index is 1.72. The molecule has 5 nitrogen and oxygen atoms in total. The van der Waals surface area contributed by atoms with Crippen LogP contribution in [0.1, 0.15) is 13.3 Å². The Morgan fingerprint density at radius 3 is 2.72 bits per heavy atom. The number of hydrogen-bond donors (Lipinski definition) is 2. The molecule has 0 saturated carbocycles. The van der Waals surface area contributed by atoms with Crippen molar-refractivity contribution < 1.29 is 17.9 Å². The number of ether oxygens (including phenoxy) is 1. The number of hydrogen-bond acceptors (Lipinski definition) is 3. The Labute approximate surface area is 146 Å². The Hall–Kier alpha value is -1.96. The lowest BCUT2D eigenvalue weighted by molar-refractivity contribution is -0.143. The molecule has 0 aliphatic carbocycles. The van der Waals surface area contributed by atoms with Crippen molar-refractivity contribution in [3.63, 3.8) is 0 Å². The number of benzene rings is 1. The molecule has 25 heavy (non-hydrogen) atoms. The minimum atomic E-state index is -4.15. The fraction of sp³-hybridized carbons (Fsp3) is 0.588. The van der Waals surface area contributed by atoms with Crippen LogP contribution >= 0.6 is 0 Å². The number of para-hydroxylation sites is 1. The van der Waals surface area contributed by atoms with Crippen LogP contribution in [-0.4, -0.2) is 62.4 Å². The quantitative estimate of drug-likeness (QED) is 0.605. The Bertz CT molecular complexity index is 551. The fourth-order valence-electron chi connectivity index (χ4n) is 2.75. The van der Waals surface area contributed by atoms with E-state index >= 15 is 0 Å². The number of likely N-dealkylation sites (tertiary alicyclic amines) is 1. The first-order valence-corrected chi connectivity index (χ1v) is 8.33. The third-order valence-electron chi connectivity index (χ3n) is 3.88. The number of alkyl halides is 3. The van der Waals surface area contributed by atoms with Gasteiger partial charge < -0.3 is 15.4 Å². The summed E-state index contributed by atoms with van der Waals surface area (Å²) in [5, 5.41) is 6.33. The highest BCUT2D eigenvalue weighted by Crippen LogP contribution is 2.19. The molecule has 1 saturated heterocycles. The molecule has 1 aromatic rings. The van der Waals surface area contributed by atoms with E-state index in [1.165, 1.54) is 4.90 Å². The van der Waals surface area contributed by atoms with Crippen molar-refractivity contribution >= 4 is 5.96 Å². The lowest BCUT2D eigenvalue weighted by Gasteiger charge is -2.21. The molecule has 0 amide bonds. The van der Waals surface area contributed by atoms with Crippen molar-refractivity contribution in [2.45, 2.75) is 31.7 Å². The van der Waals surface area contributed by atoms with Crippen molar-refractivity contribution in [1.82, 2.24) is 15.5 Å². The van der Waals surface area contributed by atoms with Crippen molar-refractivity contribution in [3.05, 3.63) is 30.3 Å². The summed E-state index contributed by atoms with van der Waals surface area (Å²) in [5.74, 6) is 1.36. The molecule has 0 spiro atoms. The number of guanidine groups is 1. The molecule has 140 valence electrons. The molecule has 8 heteroatoms. The molecule has 1 heterocycles. The smallest absolute Gasteiger partial charge is 0.401 e. The van der Waals surface area contributed by atoms with E-state index in [2.05, 4.69) is 15.6 Å². The molecule has 1 aliphatic heterocycles. The summed E-state index contributed by atoms with van der Waals surface area (Å²) in [6.45, 7) is 2.40. The normalized spacial score (nSPS) is 20.4. The van der Waals surface area contributed by atoms with Gasteiger partial charge in [0.25, 0.3) is 0 Å². The minimum absolute atomic E-state index is 0.0427. The van der Waals surface area contributed by atoms with Crippen LogP contribution in [0.2, 0.25) is 0 Å². The molecule has 2 atom stereocenters. The van der Waals surface area contributed by atoms with Gasteiger partial charge in [0.05, 0.1) is 13.1 Å². The van der Waals surface area contributed by atoms with Crippen LogP contribution in [0.25, 0.3) is 0 Å². The molecule has 2 unspecified atom stereocenters. The second kappa shape index (κ2) is 8.94. The average Bonchev–Trinajstić information content (AvgIpc) is 2.97. The van der Waals surface area contributed by atoms with Crippen LogP contribution in [-0.2, 0) is 0 Å². The van der Waals surface area contributed by atoms with Gasteiger partial charge in [0, 0.05) is 26.2 Å². The summed E-state index contributed by atoms with van der Waals surface area (Å²) >= 11 is 0. The van der Waals surface area contributed by atoms with E-state index in [0.717, 1.165) is 5.75 Å². The van der Waals surface area contributed by atoms with E-state index in [9.17, 15) is 13.2 Å². The zero-order chi connectivity index (χ0) is 18.3. The maximum atomic E-state index is 12.4. The van der Waals surface area contributed by atoms with Crippen molar-refractivity contribution in [2.75, 3.05) is 33.2 Å². The first kappa shape index (κ1) is 19.4. The predicted molar refractivity (Wildman–Crippen MR) is 91.9 cm³/mol. The lowest BCUT2D eigenvalue weighted by atomic mass is 10.3. The third kappa shape index (κ3) is 7.21. The number of nitrogens with zero attached hydrogens (tertiary/aromatic N) is 2. The van der Waals surface area contributed by atoms with E-state index in [1.807, 2.05) is 37.3 Å². The molecule has 0 aromatic heterocycles. The van der Waals surface area contributed by atoms with Crippen molar-refractivity contribution in [3.8, 4) is 5.75 Å². The third-order valence-corrected chi connectivity index (χ3v) is 3.88. The number of rotatable bonds is 6. The van der Waals surface area contributed by atoms with Gasteiger partial charge in [-0.05, 0) is 25.5 Å². The number of halogens is 3. The number of nitrogens with one attached hydrogen (secondary N) is 2. The van der Waals surface area contributed by atoms with Crippen LogP contribution in [0.4, 0.5) is 13.2 Å². The summed E-state index contributed by atoms with van der Waals surface area (Å²) in [5.41, 5.74) is 0. The van der Waals surface area contributed by atoms with E-state index in [4.69, 9.17) is 4.74 Å². The van der Waals surface area contributed by atoms with Gasteiger partial charge in [0.1, 0.15) is 11.9 Å². The highest BCUT2D eigenvalue weighted by atomic mass is 19.4. The molecular weight excluding hydrogens is 333 g/mol. The Morgan fingerprint density at radius 2 is 2.08 bits per heavy atom. The largest absolute Gasteiger partial charge is 0.489 e. The maximum absolute atomic E-state index is 12.4. The molecule has 2 N–H and O–H groups in total. The zero-order valence-corrected chi connectivity index (χ0v) is 14.5. The first-order valence-electron chi connectivity index (χ1n) is 8.33. The average molecular weight is 358 g/mol. The van der Waals surface area contributed by atoms with Crippen LogP contribution in [0, 0.1) is 0 Å². The van der Waals surface area contributed by atoms with Gasteiger partial charge in [-0.2, -0.15) is 13.2 Å². The van der Waals surface area contributed by atoms with E-state index < -0.39 is 12.7 Å². The first-order chi connectivity index (χ1) is 11.9. The molecule has 1 fully saturated rings. The highest BCUT2D eigenvalue weighted by molar-refractivity contribution is 5.80. The Morgan fingerprint density at radius 1 is 1.36 bits per heavy atom. The minimum Gasteiger partial charge on any atom is -0.489 e. The topological polar surface area (TPSA) is 48.9 Å². The van der Waals surface area contributed by atoms with E-state index in [-0.39, 0.29) is 12.1 Å². The summed E-state index contributed by atoms with van der Waals surface area (Å²) < 4.78 is 43.1. The summed E-state index contributed by atoms with van der Waals surface area (Å²) in [4.78, 5) is 5.54. The van der Waals surface area contributed by atoms with Crippen LogP contribution < -0.4 is 15.4 Å². The highest BCUT2D eigenvalue weighted by Gasteiger charge is 2.34.